The van der Waals surface area contributed by atoms with E-state index in [0.717, 1.165) is 0 Å². The van der Waals surface area contributed by atoms with Gasteiger partial charge in [0.25, 0.3) is 5.92 Å². The van der Waals surface area contributed by atoms with Crippen LogP contribution in [0.25, 0.3) is 5.70 Å². The number of hydrogen-bond acceptors (Lipinski definition) is 2. The first-order chi connectivity index (χ1) is 12.8. The SMILES string of the molecule is C=C(/C=C(/c1cccc(C(F)(F)CC)c1)N(C)c1ccc(F)cc1)NC=O. The van der Waals surface area contributed by atoms with E-state index in [4.69, 9.17) is 0 Å². The van der Waals surface area contributed by atoms with E-state index in [2.05, 4.69) is 11.9 Å². The lowest BCUT2D eigenvalue weighted by atomic mass is 10.0. The van der Waals surface area contributed by atoms with Crippen LogP contribution in [0.4, 0.5) is 18.9 Å². The van der Waals surface area contributed by atoms with E-state index >= 15 is 0 Å². The van der Waals surface area contributed by atoms with E-state index in [1.807, 2.05) is 0 Å². The topological polar surface area (TPSA) is 32.3 Å². The first kappa shape index (κ1) is 20.3. The number of halogens is 3. The molecule has 0 spiro atoms. The minimum Gasteiger partial charge on any atom is -0.344 e. The summed E-state index contributed by atoms with van der Waals surface area (Å²) in [4.78, 5) is 12.4. The molecule has 6 heteroatoms. The first-order valence-corrected chi connectivity index (χ1v) is 8.37. The molecule has 0 aliphatic carbocycles. The van der Waals surface area contributed by atoms with Crippen molar-refractivity contribution in [3.05, 3.63) is 83.8 Å². The number of benzene rings is 2. The summed E-state index contributed by atoms with van der Waals surface area (Å²) in [6.45, 7) is 5.15. The van der Waals surface area contributed by atoms with Crippen LogP contribution in [0.3, 0.4) is 0 Å². The van der Waals surface area contributed by atoms with Gasteiger partial charge in [-0.15, -0.1) is 0 Å². The van der Waals surface area contributed by atoms with Crippen LogP contribution in [0.2, 0.25) is 0 Å². The van der Waals surface area contributed by atoms with Crippen LogP contribution >= 0.6 is 0 Å². The minimum absolute atomic E-state index is 0.102. The molecule has 0 aliphatic heterocycles. The number of rotatable bonds is 8. The average molecular weight is 374 g/mol. The summed E-state index contributed by atoms with van der Waals surface area (Å²) in [6.07, 6.45) is 1.74. The molecule has 0 heterocycles. The molecule has 27 heavy (non-hydrogen) atoms. The van der Waals surface area contributed by atoms with Gasteiger partial charge < -0.3 is 10.2 Å². The zero-order valence-electron chi connectivity index (χ0n) is 15.2. The van der Waals surface area contributed by atoms with Crippen LogP contribution in [-0.4, -0.2) is 13.5 Å². The number of nitrogens with zero attached hydrogens (tertiary/aromatic N) is 1. The van der Waals surface area contributed by atoms with Gasteiger partial charge in [0, 0.05) is 30.4 Å². The van der Waals surface area contributed by atoms with Crippen LogP contribution < -0.4 is 10.2 Å². The quantitative estimate of drug-likeness (QED) is 0.517. The number of alkyl halides is 2. The highest BCUT2D eigenvalue weighted by molar-refractivity contribution is 5.81. The van der Waals surface area contributed by atoms with Gasteiger partial charge in [-0.3, -0.25) is 4.79 Å². The van der Waals surface area contributed by atoms with E-state index in [1.54, 1.807) is 42.3 Å². The predicted octanol–water partition coefficient (Wildman–Crippen LogP) is 5.06. The molecule has 0 aromatic heterocycles. The maximum atomic E-state index is 14.1. The molecule has 1 amide bonds. The summed E-state index contributed by atoms with van der Waals surface area (Å²) in [5, 5.41) is 2.43. The molecule has 0 unspecified atom stereocenters. The number of carbonyl (C=O) groups is 1. The summed E-state index contributed by atoms with van der Waals surface area (Å²) in [6, 6.07) is 11.8. The highest BCUT2D eigenvalue weighted by atomic mass is 19.3. The molecular weight excluding hydrogens is 353 g/mol. The van der Waals surface area contributed by atoms with Crippen LogP contribution in [0, 0.1) is 5.82 Å². The molecular formula is C21H21F3N2O. The third-order valence-corrected chi connectivity index (χ3v) is 4.16. The second-order valence-electron chi connectivity index (χ2n) is 5.99. The van der Waals surface area contributed by atoms with Crippen LogP contribution in [0.1, 0.15) is 24.5 Å². The van der Waals surface area contributed by atoms with Crippen molar-refractivity contribution in [2.75, 3.05) is 11.9 Å². The summed E-state index contributed by atoms with van der Waals surface area (Å²) in [5.41, 5.74) is 1.88. The van der Waals surface area contributed by atoms with Crippen molar-refractivity contribution in [1.82, 2.24) is 5.32 Å². The van der Waals surface area contributed by atoms with E-state index < -0.39 is 5.92 Å². The van der Waals surface area contributed by atoms with Crippen LogP contribution in [0.5, 0.6) is 0 Å². The van der Waals surface area contributed by atoms with Gasteiger partial charge in [-0.1, -0.05) is 31.7 Å². The zero-order valence-corrected chi connectivity index (χ0v) is 15.2. The molecule has 0 bridgehead atoms. The lowest BCUT2D eigenvalue weighted by molar-refractivity contribution is -0.108. The molecule has 3 nitrogen and oxygen atoms in total. The Hall–Kier alpha value is -3.02. The van der Waals surface area contributed by atoms with E-state index in [-0.39, 0.29) is 17.8 Å². The van der Waals surface area contributed by atoms with Gasteiger partial charge in [0.2, 0.25) is 6.41 Å². The number of amides is 1. The Morgan fingerprint density at radius 2 is 1.89 bits per heavy atom. The first-order valence-electron chi connectivity index (χ1n) is 8.37. The van der Waals surface area contributed by atoms with Crippen molar-refractivity contribution >= 4 is 17.8 Å². The Labute approximate surface area is 156 Å². The molecule has 0 fully saturated rings. The largest absolute Gasteiger partial charge is 0.344 e. The van der Waals surface area contributed by atoms with Gasteiger partial charge in [0.15, 0.2) is 0 Å². The van der Waals surface area contributed by atoms with Crippen molar-refractivity contribution in [2.45, 2.75) is 19.3 Å². The number of nitrogens with one attached hydrogen (secondary N) is 1. The van der Waals surface area contributed by atoms with Gasteiger partial charge in [-0.2, -0.15) is 0 Å². The molecule has 142 valence electrons. The third-order valence-electron chi connectivity index (χ3n) is 4.16. The van der Waals surface area contributed by atoms with Crippen molar-refractivity contribution in [1.29, 1.82) is 0 Å². The molecule has 0 aliphatic rings. The second-order valence-corrected chi connectivity index (χ2v) is 5.99. The average Bonchev–Trinajstić information content (AvgIpc) is 2.66. The van der Waals surface area contributed by atoms with Gasteiger partial charge in [-0.25, -0.2) is 13.2 Å². The minimum atomic E-state index is -2.95. The fraction of sp³-hybridized carbons (Fsp3) is 0.190. The van der Waals surface area contributed by atoms with E-state index in [1.165, 1.54) is 31.2 Å². The lowest BCUT2D eigenvalue weighted by Crippen LogP contribution is -2.18. The second kappa shape index (κ2) is 8.58. The Morgan fingerprint density at radius 3 is 2.48 bits per heavy atom. The molecule has 0 saturated heterocycles. The predicted molar refractivity (Wildman–Crippen MR) is 102 cm³/mol. The number of carbonyl (C=O) groups excluding carboxylic acids is 1. The summed E-state index contributed by atoms with van der Waals surface area (Å²) in [7, 11) is 1.72. The molecule has 2 aromatic rings. The molecule has 0 radical (unpaired) electrons. The maximum Gasteiger partial charge on any atom is 0.273 e. The highest BCUT2D eigenvalue weighted by Gasteiger charge is 2.29. The van der Waals surface area contributed by atoms with Crippen molar-refractivity contribution in [3.8, 4) is 0 Å². The Balaban J connectivity index is 2.53. The Bertz CT molecular complexity index is 845. The van der Waals surface area contributed by atoms with E-state index in [0.29, 0.717) is 29.1 Å². The van der Waals surface area contributed by atoms with Crippen molar-refractivity contribution < 1.29 is 18.0 Å². The van der Waals surface area contributed by atoms with Crippen molar-refractivity contribution in [3.63, 3.8) is 0 Å². The van der Waals surface area contributed by atoms with Crippen LogP contribution in [0.15, 0.2) is 66.9 Å². The van der Waals surface area contributed by atoms with Gasteiger partial charge >= 0.3 is 0 Å². The fourth-order valence-corrected chi connectivity index (χ4v) is 2.57. The summed E-state index contributed by atoms with van der Waals surface area (Å²) >= 11 is 0. The standard InChI is InChI=1S/C21H21F3N2O/c1-4-21(23,24)17-7-5-6-16(13-17)20(12-15(2)25-14-27)26(3)19-10-8-18(22)9-11-19/h5-14H,2,4H2,1,3H3,(H,25,27)/b20-12-. The number of allylic oxidation sites excluding steroid dienone is 1. The summed E-state index contributed by atoms with van der Waals surface area (Å²) < 4.78 is 41.5. The molecule has 1 N–H and O–H groups in total. The molecule has 0 saturated carbocycles. The molecule has 0 atom stereocenters. The normalized spacial score (nSPS) is 11.8. The zero-order chi connectivity index (χ0) is 20.0. The lowest BCUT2D eigenvalue weighted by Gasteiger charge is -2.25. The van der Waals surface area contributed by atoms with E-state index in [9.17, 15) is 18.0 Å². The maximum absolute atomic E-state index is 14.1. The van der Waals surface area contributed by atoms with Gasteiger partial charge in [0.1, 0.15) is 5.82 Å². The van der Waals surface area contributed by atoms with Crippen molar-refractivity contribution in [2.24, 2.45) is 0 Å². The Morgan fingerprint density at radius 1 is 1.22 bits per heavy atom. The highest BCUT2D eigenvalue weighted by Crippen LogP contribution is 2.34. The smallest absolute Gasteiger partial charge is 0.273 e. The Kier molecular flexibility index (Phi) is 6.45. The fourth-order valence-electron chi connectivity index (χ4n) is 2.57. The number of hydrogen-bond donors (Lipinski definition) is 1. The van der Waals surface area contributed by atoms with Gasteiger partial charge in [-0.05, 0) is 42.0 Å². The summed E-state index contributed by atoms with van der Waals surface area (Å²) in [5.74, 6) is -3.33. The molecule has 2 rings (SSSR count). The number of anilines is 1. The monoisotopic (exact) mass is 374 g/mol. The molecule has 2 aromatic carbocycles. The van der Waals surface area contributed by atoms with Crippen LogP contribution in [-0.2, 0) is 10.7 Å². The third kappa shape index (κ3) is 5.00. The van der Waals surface area contributed by atoms with Gasteiger partial charge in [0.05, 0.1) is 5.70 Å².